The second-order valence-electron chi connectivity index (χ2n) is 10.8. The number of aliphatic hydroxyl groups is 3. The van der Waals surface area contributed by atoms with Crippen molar-refractivity contribution in [2.24, 2.45) is 17.6 Å². The summed E-state index contributed by atoms with van der Waals surface area (Å²) in [6, 6.07) is 1.76. The van der Waals surface area contributed by atoms with Crippen molar-refractivity contribution in [1.29, 1.82) is 0 Å². The molecule has 3 atom stereocenters. The molecule has 1 aromatic carbocycles. The average Bonchev–Trinajstić information content (AvgIpc) is 2.80. The number of aromatic hydroxyl groups is 1. The molecular weight excluding hydrogens is 494 g/mol. The lowest BCUT2D eigenvalue weighted by atomic mass is 9.59. The first-order valence-corrected chi connectivity index (χ1v) is 12.4. The number of carbonyl (C=O) groups is 4. The first kappa shape index (κ1) is 27.3. The summed E-state index contributed by atoms with van der Waals surface area (Å²) < 4.78 is 0. The van der Waals surface area contributed by atoms with Crippen LogP contribution in [0.3, 0.4) is 0 Å². The highest BCUT2D eigenvalue weighted by Gasteiger charge is 2.60. The summed E-state index contributed by atoms with van der Waals surface area (Å²) >= 11 is 0. The van der Waals surface area contributed by atoms with Crippen molar-refractivity contribution in [2.75, 3.05) is 39.6 Å². The maximum atomic E-state index is 13.7. The van der Waals surface area contributed by atoms with Gasteiger partial charge in [-0.3, -0.25) is 19.2 Å². The number of Topliss-reactive ketones (excluding diaryl/α,β-unsaturated/α-hetero) is 3. The number of phenolic OH excluding ortho intramolecular Hbond substituents is 1. The minimum absolute atomic E-state index is 0.0263. The highest BCUT2D eigenvalue weighted by atomic mass is 16.3. The van der Waals surface area contributed by atoms with Crippen LogP contribution in [0.2, 0.25) is 0 Å². The summed E-state index contributed by atoms with van der Waals surface area (Å²) in [5.41, 5.74) is 3.31. The Balaban J connectivity index is 1.85. The van der Waals surface area contributed by atoms with E-state index in [1.54, 1.807) is 44.1 Å². The van der Waals surface area contributed by atoms with Crippen molar-refractivity contribution in [3.05, 3.63) is 39.7 Å². The number of likely N-dealkylation sites (N-methyl/N-ethyl adjacent to an activating group) is 1. The molecule has 1 saturated carbocycles. The number of benzene rings is 1. The van der Waals surface area contributed by atoms with Crippen LogP contribution in [0, 0.1) is 11.8 Å². The van der Waals surface area contributed by atoms with Crippen molar-refractivity contribution < 1.29 is 39.6 Å². The lowest BCUT2D eigenvalue weighted by Gasteiger charge is -2.46. The fourth-order valence-corrected chi connectivity index (χ4v) is 6.02. The molecule has 11 heteroatoms. The Kier molecular flexibility index (Phi) is 6.87. The van der Waals surface area contributed by atoms with Gasteiger partial charge in [0.25, 0.3) is 5.91 Å². The van der Waals surface area contributed by atoms with E-state index in [1.165, 1.54) is 0 Å². The molecule has 3 aliphatic carbocycles. The molecule has 38 heavy (non-hydrogen) atoms. The molecule has 1 fully saturated rings. The van der Waals surface area contributed by atoms with Gasteiger partial charge in [0.15, 0.2) is 11.4 Å². The van der Waals surface area contributed by atoms with Gasteiger partial charge in [-0.25, -0.2) is 0 Å². The van der Waals surface area contributed by atoms with Crippen LogP contribution in [0.25, 0.3) is 5.76 Å². The topological polar surface area (TPSA) is 182 Å². The minimum Gasteiger partial charge on any atom is -0.508 e. The number of nitrogens with two attached hydrogens (primary N) is 1. The summed E-state index contributed by atoms with van der Waals surface area (Å²) in [4.78, 5) is 53.8. The van der Waals surface area contributed by atoms with Gasteiger partial charge in [-0.1, -0.05) is 0 Å². The van der Waals surface area contributed by atoms with E-state index >= 15 is 0 Å². The predicted octanol–water partition coefficient (Wildman–Crippen LogP) is 0.553. The Morgan fingerprint density at radius 2 is 1.76 bits per heavy atom. The van der Waals surface area contributed by atoms with Crippen molar-refractivity contribution in [1.82, 2.24) is 4.90 Å². The first-order valence-electron chi connectivity index (χ1n) is 12.4. The molecule has 6 N–H and O–H groups in total. The standard InChI is InChI=1S/C27H33N3O8/c1-29(2)11-15(31)6-5-12-9-17(30(3)4)16-8-13-7-14-10-18(32)21(26(28)37)25(36)27(14,38)24(35)19(13)23(34)20(16)22(12)33/h9,13-14,33-34,36,38H,5-8,10-11H2,1-4H3,(H2,28,37)/t13-,14+,27+/m1/s1. The number of primary amides is 1. The Labute approximate surface area is 219 Å². The van der Waals surface area contributed by atoms with E-state index in [-0.39, 0.29) is 61.3 Å². The molecular formula is C27H33N3O8. The van der Waals surface area contributed by atoms with E-state index in [1.807, 2.05) is 0 Å². The molecule has 0 heterocycles. The molecule has 0 bridgehead atoms. The molecule has 1 aromatic rings. The van der Waals surface area contributed by atoms with Gasteiger partial charge in [0.1, 0.15) is 28.6 Å². The number of fused-ring (bicyclic) bond motifs is 3. The maximum Gasteiger partial charge on any atom is 0.255 e. The van der Waals surface area contributed by atoms with Crippen molar-refractivity contribution >= 4 is 34.7 Å². The second-order valence-corrected chi connectivity index (χ2v) is 10.8. The SMILES string of the molecule is CN(C)CC(=O)CCc1cc(N(C)C)c2c(c1O)C(O)=C1C(=O)[C@]3(O)C(O)=C(C(N)=O)C(=O)C[C@@H]3C[C@@H]1C2. The zero-order chi connectivity index (χ0) is 28.3. The largest absolute Gasteiger partial charge is 0.508 e. The molecule has 3 aliphatic rings. The molecule has 1 amide bonds. The molecule has 0 spiro atoms. The third-order valence-electron chi connectivity index (χ3n) is 7.77. The first-order chi connectivity index (χ1) is 17.7. The summed E-state index contributed by atoms with van der Waals surface area (Å²) in [7, 11) is 7.14. The second kappa shape index (κ2) is 9.55. The molecule has 0 saturated heterocycles. The van der Waals surface area contributed by atoms with Gasteiger partial charge in [0.2, 0.25) is 5.78 Å². The van der Waals surface area contributed by atoms with Crippen LogP contribution >= 0.6 is 0 Å². The molecule has 4 rings (SSSR count). The average molecular weight is 528 g/mol. The van der Waals surface area contributed by atoms with Crippen LogP contribution < -0.4 is 10.6 Å². The van der Waals surface area contributed by atoms with Crippen molar-refractivity contribution in [3.8, 4) is 5.75 Å². The summed E-state index contributed by atoms with van der Waals surface area (Å²) in [6.07, 6.45) is 0.271. The number of anilines is 1. The fourth-order valence-electron chi connectivity index (χ4n) is 6.02. The van der Waals surface area contributed by atoms with Gasteiger partial charge in [0, 0.05) is 44.1 Å². The van der Waals surface area contributed by atoms with Gasteiger partial charge in [-0.15, -0.1) is 0 Å². The molecule has 0 aliphatic heterocycles. The minimum atomic E-state index is -2.61. The molecule has 0 aromatic heterocycles. The monoisotopic (exact) mass is 527 g/mol. The highest BCUT2D eigenvalue weighted by molar-refractivity contribution is 6.22. The van der Waals surface area contributed by atoms with Crippen LogP contribution in [-0.4, -0.2) is 88.9 Å². The number of carbonyl (C=O) groups excluding carboxylic acids is 4. The van der Waals surface area contributed by atoms with Gasteiger partial charge < -0.3 is 36.0 Å². The Morgan fingerprint density at radius 3 is 2.34 bits per heavy atom. The number of phenols is 1. The number of rotatable bonds is 7. The lowest BCUT2D eigenvalue weighted by molar-refractivity contribution is -0.147. The Hall–Kier alpha value is -3.70. The van der Waals surface area contributed by atoms with E-state index in [0.29, 0.717) is 16.8 Å². The van der Waals surface area contributed by atoms with Crippen LogP contribution in [0.4, 0.5) is 5.69 Å². The van der Waals surface area contributed by atoms with E-state index in [0.717, 1.165) is 0 Å². The van der Waals surface area contributed by atoms with E-state index < -0.39 is 52.0 Å². The number of aliphatic hydroxyl groups excluding tert-OH is 2. The number of aryl methyl sites for hydroxylation is 1. The van der Waals surface area contributed by atoms with E-state index in [9.17, 15) is 39.6 Å². The lowest BCUT2D eigenvalue weighted by Crippen LogP contribution is -2.58. The highest BCUT2D eigenvalue weighted by Crippen LogP contribution is 2.53. The van der Waals surface area contributed by atoms with Crippen molar-refractivity contribution in [2.45, 2.75) is 37.7 Å². The van der Waals surface area contributed by atoms with Crippen molar-refractivity contribution in [3.63, 3.8) is 0 Å². The third kappa shape index (κ3) is 4.15. The van der Waals surface area contributed by atoms with Gasteiger partial charge in [-0.05, 0) is 56.5 Å². The Morgan fingerprint density at radius 1 is 1.11 bits per heavy atom. The maximum absolute atomic E-state index is 13.7. The van der Waals surface area contributed by atoms with Crippen LogP contribution in [0.5, 0.6) is 5.75 Å². The van der Waals surface area contributed by atoms with Gasteiger partial charge >= 0.3 is 0 Å². The van der Waals surface area contributed by atoms with E-state index in [2.05, 4.69) is 0 Å². The smallest absolute Gasteiger partial charge is 0.255 e. The number of amides is 1. The van der Waals surface area contributed by atoms with Crippen LogP contribution in [0.15, 0.2) is 23.0 Å². The predicted molar refractivity (Wildman–Crippen MR) is 138 cm³/mol. The molecule has 0 radical (unpaired) electrons. The molecule has 11 nitrogen and oxygen atoms in total. The fraction of sp³-hybridized carbons (Fsp3) is 0.481. The zero-order valence-electron chi connectivity index (χ0n) is 21.9. The van der Waals surface area contributed by atoms with E-state index in [4.69, 9.17) is 5.73 Å². The summed E-state index contributed by atoms with van der Waals surface area (Å²) in [5, 5.41) is 44.7. The number of hydrogen-bond donors (Lipinski definition) is 5. The van der Waals surface area contributed by atoms with Gasteiger partial charge in [0.05, 0.1) is 12.1 Å². The normalized spacial score (nSPS) is 24.8. The quantitative estimate of drug-likeness (QED) is 0.314. The summed E-state index contributed by atoms with van der Waals surface area (Å²) in [6.45, 7) is 0.240. The number of hydrogen-bond acceptors (Lipinski definition) is 10. The number of ketones is 3. The third-order valence-corrected chi connectivity index (χ3v) is 7.77. The molecule has 204 valence electrons. The van der Waals surface area contributed by atoms with Crippen LogP contribution in [0.1, 0.15) is 36.0 Å². The zero-order valence-corrected chi connectivity index (χ0v) is 21.9. The van der Waals surface area contributed by atoms with Crippen LogP contribution in [-0.2, 0) is 32.0 Å². The Bertz CT molecular complexity index is 1330. The molecule has 0 unspecified atom stereocenters. The summed E-state index contributed by atoms with van der Waals surface area (Å²) in [5.74, 6) is -6.64. The number of nitrogens with zero attached hydrogens (tertiary/aromatic N) is 2. The van der Waals surface area contributed by atoms with Gasteiger partial charge in [-0.2, -0.15) is 0 Å².